The third kappa shape index (κ3) is 4.14. The van der Waals surface area contributed by atoms with Gasteiger partial charge in [-0.1, -0.05) is 17.7 Å². The van der Waals surface area contributed by atoms with E-state index in [1.54, 1.807) is 18.2 Å². The van der Waals surface area contributed by atoms with Gasteiger partial charge >= 0.3 is 0 Å². The zero-order valence-electron chi connectivity index (χ0n) is 11.5. The summed E-state index contributed by atoms with van der Waals surface area (Å²) in [6, 6.07) is 7.47. The van der Waals surface area contributed by atoms with E-state index in [2.05, 4.69) is 10.3 Å². The molecule has 1 aromatic carbocycles. The molecule has 21 heavy (non-hydrogen) atoms. The van der Waals surface area contributed by atoms with Crippen molar-refractivity contribution in [1.82, 2.24) is 10.3 Å². The molecule has 112 valence electrons. The van der Waals surface area contributed by atoms with Gasteiger partial charge in [0, 0.05) is 18.8 Å². The van der Waals surface area contributed by atoms with E-state index in [4.69, 9.17) is 11.6 Å². The third-order valence-electron chi connectivity index (χ3n) is 3.05. The molecule has 0 aliphatic carbocycles. The number of nitrogens with zero attached hydrogens (tertiary/aromatic N) is 1. The fourth-order valence-electron chi connectivity index (χ4n) is 1.90. The van der Waals surface area contributed by atoms with E-state index in [0.29, 0.717) is 17.8 Å². The van der Waals surface area contributed by atoms with Crippen molar-refractivity contribution in [3.8, 4) is 5.75 Å². The highest BCUT2D eigenvalue weighted by Crippen LogP contribution is 2.20. The lowest BCUT2D eigenvalue weighted by atomic mass is 10.1. The average molecular weight is 311 g/mol. The highest BCUT2D eigenvalue weighted by Gasteiger charge is 2.11. The summed E-state index contributed by atoms with van der Waals surface area (Å²) >= 11 is 5.59. The summed E-state index contributed by atoms with van der Waals surface area (Å²) < 4.78 is 13.3. The largest absolute Gasteiger partial charge is 0.506 e. The molecule has 0 saturated heterocycles. The SMILES string of the molecule is Cc1ccc(O)c(CNCC(O)c2ccc(Cl)c(F)c2)n1. The van der Waals surface area contributed by atoms with Gasteiger partial charge in [-0.3, -0.25) is 4.98 Å². The van der Waals surface area contributed by atoms with Crippen molar-refractivity contribution in [2.45, 2.75) is 19.6 Å². The first-order chi connectivity index (χ1) is 9.97. The molecule has 3 N–H and O–H groups in total. The summed E-state index contributed by atoms with van der Waals surface area (Å²) in [5.74, 6) is -0.466. The molecule has 0 spiro atoms. The summed E-state index contributed by atoms with van der Waals surface area (Å²) in [4.78, 5) is 4.20. The monoisotopic (exact) mass is 310 g/mol. The molecule has 2 rings (SSSR count). The zero-order chi connectivity index (χ0) is 15.4. The molecule has 2 aromatic rings. The second kappa shape index (κ2) is 6.85. The van der Waals surface area contributed by atoms with Crippen LogP contribution in [0.4, 0.5) is 4.39 Å². The lowest BCUT2D eigenvalue weighted by Crippen LogP contribution is -2.21. The van der Waals surface area contributed by atoms with E-state index in [1.165, 1.54) is 12.1 Å². The minimum absolute atomic E-state index is 0.0211. The molecule has 1 heterocycles. The maximum absolute atomic E-state index is 13.3. The van der Waals surface area contributed by atoms with Crippen molar-refractivity contribution in [3.63, 3.8) is 0 Å². The van der Waals surface area contributed by atoms with E-state index in [-0.39, 0.29) is 17.3 Å². The molecule has 0 bridgehead atoms. The fourth-order valence-corrected chi connectivity index (χ4v) is 2.02. The van der Waals surface area contributed by atoms with Crippen LogP contribution in [0, 0.1) is 12.7 Å². The van der Waals surface area contributed by atoms with Crippen molar-refractivity contribution in [2.24, 2.45) is 0 Å². The van der Waals surface area contributed by atoms with Crippen LogP contribution in [-0.2, 0) is 6.54 Å². The van der Waals surface area contributed by atoms with E-state index in [0.717, 1.165) is 5.69 Å². The lowest BCUT2D eigenvalue weighted by Gasteiger charge is -2.13. The lowest BCUT2D eigenvalue weighted by molar-refractivity contribution is 0.173. The number of hydrogen-bond acceptors (Lipinski definition) is 4. The van der Waals surface area contributed by atoms with Crippen molar-refractivity contribution >= 4 is 11.6 Å². The van der Waals surface area contributed by atoms with Crippen LogP contribution >= 0.6 is 11.6 Å². The van der Waals surface area contributed by atoms with Gasteiger partial charge in [-0.15, -0.1) is 0 Å². The van der Waals surface area contributed by atoms with Gasteiger partial charge in [0.1, 0.15) is 11.6 Å². The summed E-state index contributed by atoms with van der Waals surface area (Å²) in [6.07, 6.45) is -0.872. The Bertz CT molecular complexity index is 637. The van der Waals surface area contributed by atoms with Crippen molar-refractivity contribution < 1.29 is 14.6 Å². The second-order valence-electron chi connectivity index (χ2n) is 4.74. The van der Waals surface area contributed by atoms with Gasteiger partial charge in [-0.05, 0) is 36.8 Å². The fraction of sp³-hybridized carbons (Fsp3) is 0.267. The zero-order valence-corrected chi connectivity index (χ0v) is 12.2. The quantitative estimate of drug-likeness (QED) is 0.794. The third-order valence-corrected chi connectivity index (χ3v) is 3.35. The minimum Gasteiger partial charge on any atom is -0.506 e. The molecule has 1 atom stereocenters. The Morgan fingerprint density at radius 3 is 2.81 bits per heavy atom. The van der Waals surface area contributed by atoms with Gasteiger partial charge < -0.3 is 15.5 Å². The van der Waals surface area contributed by atoms with Crippen LogP contribution in [0.1, 0.15) is 23.1 Å². The molecule has 1 unspecified atom stereocenters. The maximum atomic E-state index is 13.3. The molecule has 0 radical (unpaired) electrons. The molecule has 0 aliphatic heterocycles. The van der Waals surface area contributed by atoms with Crippen LogP contribution in [0.5, 0.6) is 5.75 Å². The molecular formula is C15H16ClFN2O2. The average Bonchev–Trinajstić information content (AvgIpc) is 2.45. The van der Waals surface area contributed by atoms with E-state index >= 15 is 0 Å². The van der Waals surface area contributed by atoms with Crippen LogP contribution in [-0.4, -0.2) is 21.7 Å². The Hall–Kier alpha value is -1.69. The van der Waals surface area contributed by atoms with Crippen molar-refractivity contribution in [2.75, 3.05) is 6.54 Å². The predicted molar refractivity (Wildman–Crippen MR) is 78.7 cm³/mol. The maximum Gasteiger partial charge on any atom is 0.142 e. The van der Waals surface area contributed by atoms with Crippen LogP contribution in [0.25, 0.3) is 0 Å². The molecule has 4 nitrogen and oxygen atoms in total. The molecule has 0 amide bonds. The van der Waals surface area contributed by atoms with Gasteiger partial charge in [0.15, 0.2) is 0 Å². The summed E-state index contributed by atoms with van der Waals surface area (Å²) in [6.45, 7) is 2.34. The van der Waals surface area contributed by atoms with Crippen LogP contribution < -0.4 is 5.32 Å². The van der Waals surface area contributed by atoms with E-state index in [9.17, 15) is 14.6 Å². The number of rotatable bonds is 5. The minimum atomic E-state index is -0.872. The van der Waals surface area contributed by atoms with Crippen molar-refractivity contribution in [3.05, 3.63) is 58.1 Å². The molecule has 1 aromatic heterocycles. The number of aliphatic hydroxyl groups excluding tert-OH is 1. The number of nitrogens with one attached hydrogen (secondary N) is 1. The number of pyridine rings is 1. The first-order valence-corrected chi connectivity index (χ1v) is 6.84. The molecule has 0 saturated carbocycles. The summed E-state index contributed by atoms with van der Waals surface area (Å²) in [5.41, 5.74) is 1.74. The first-order valence-electron chi connectivity index (χ1n) is 6.46. The van der Waals surface area contributed by atoms with Gasteiger partial charge in [-0.25, -0.2) is 4.39 Å². The number of halogens is 2. The number of aromatic nitrogens is 1. The second-order valence-corrected chi connectivity index (χ2v) is 5.15. The topological polar surface area (TPSA) is 65.4 Å². The van der Waals surface area contributed by atoms with E-state index in [1.807, 2.05) is 6.92 Å². The number of aliphatic hydroxyl groups is 1. The van der Waals surface area contributed by atoms with Gasteiger partial charge in [0.2, 0.25) is 0 Å². The Balaban J connectivity index is 1.93. The van der Waals surface area contributed by atoms with Crippen LogP contribution in [0.15, 0.2) is 30.3 Å². The summed E-state index contributed by atoms with van der Waals surface area (Å²) in [5, 5.41) is 22.6. The Morgan fingerprint density at radius 2 is 2.10 bits per heavy atom. The highest BCUT2D eigenvalue weighted by molar-refractivity contribution is 6.30. The van der Waals surface area contributed by atoms with E-state index < -0.39 is 11.9 Å². The molecular weight excluding hydrogens is 295 g/mol. The standard InChI is InChI=1S/C15H16ClFN2O2/c1-9-2-5-14(20)13(19-9)7-18-8-15(21)10-3-4-11(16)12(17)6-10/h2-6,15,18,20-21H,7-8H2,1H3. The van der Waals surface area contributed by atoms with Crippen LogP contribution in [0.2, 0.25) is 5.02 Å². The van der Waals surface area contributed by atoms with Crippen molar-refractivity contribution in [1.29, 1.82) is 0 Å². The highest BCUT2D eigenvalue weighted by atomic mass is 35.5. The Labute approximate surface area is 127 Å². The predicted octanol–water partition coefficient (Wildman–Crippen LogP) is 2.71. The molecule has 0 aliphatic rings. The number of aromatic hydroxyl groups is 1. The number of aryl methyl sites for hydroxylation is 1. The normalized spacial score (nSPS) is 12.4. The van der Waals surface area contributed by atoms with Gasteiger partial charge in [0.05, 0.1) is 16.8 Å². The van der Waals surface area contributed by atoms with Crippen LogP contribution in [0.3, 0.4) is 0 Å². The smallest absolute Gasteiger partial charge is 0.142 e. The van der Waals surface area contributed by atoms with Gasteiger partial charge in [-0.2, -0.15) is 0 Å². The molecule has 6 heteroatoms. The number of hydrogen-bond donors (Lipinski definition) is 3. The molecule has 0 fully saturated rings. The Morgan fingerprint density at radius 1 is 1.33 bits per heavy atom. The van der Waals surface area contributed by atoms with Gasteiger partial charge in [0.25, 0.3) is 0 Å². The first kappa shape index (κ1) is 15.7. The summed E-state index contributed by atoms with van der Waals surface area (Å²) in [7, 11) is 0. The number of benzene rings is 1. The Kier molecular flexibility index (Phi) is 5.12.